The average Bonchev–Trinajstić information content (AvgIpc) is 2.42. The minimum absolute atomic E-state index is 0.0177. The van der Waals surface area contributed by atoms with Crippen molar-refractivity contribution in [3.05, 3.63) is 29.0 Å². The van der Waals surface area contributed by atoms with Crippen LogP contribution in [0.4, 0.5) is 0 Å². The maximum atomic E-state index is 12.0. The molecule has 19 heavy (non-hydrogen) atoms. The molecule has 0 aromatic carbocycles. The molecule has 1 atom stereocenters. The van der Waals surface area contributed by atoms with Gasteiger partial charge in [0.1, 0.15) is 11.2 Å². The molecule has 0 aliphatic carbocycles. The van der Waals surface area contributed by atoms with Crippen LogP contribution in [0.15, 0.2) is 18.3 Å². The van der Waals surface area contributed by atoms with Crippen LogP contribution in [-0.2, 0) is 16.1 Å². The van der Waals surface area contributed by atoms with Gasteiger partial charge in [0, 0.05) is 25.8 Å². The fourth-order valence-electron chi connectivity index (χ4n) is 2.10. The van der Waals surface area contributed by atoms with Crippen LogP contribution in [0.1, 0.15) is 12.5 Å². The summed E-state index contributed by atoms with van der Waals surface area (Å²) in [6, 6.07) is 3.46. The summed E-state index contributed by atoms with van der Waals surface area (Å²) in [5.74, 6) is 0.0177. The largest absolute Gasteiger partial charge is 0.378 e. The van der Waals surface area contributed by atoms with Crippen LogP contribution in [0.3, 0.4) is 0 Å². The zero-order valence-electron chi connectivity index (χ0n) is 10.9. The van der Waals surface area contributed by atoms with Crippen LogP contribution in [-0.4, -0.2) is 48.1 Å². The predicted molar refractivity (Wildman–Crippen MR) is 72.9 cm³/mol. The number of morpholine rings is 1. The average molecular weight is 284 g/mol. The Morgan fingerprint density at radius 2 is 2.47 bits per heavy atom. The van der Waals surface area contributed by atoms with Gasteiger partial charge in [-0.2, -0.15) is 0 Å². The van der Waals surface area contributed by atoms with Crippen molar-refractivity contribution in [3.8, 4) is 0 Å². The molecule has 1 aromatic rings. The molecule has 104 valence electrons. The molecule has 1 aliphatic heterocycles. The molecule has 1 aliphatic rings. The van der Waals surface area contributed by atoms with Gasteiger partial charge in [0.25, 0.3) is 0 Å². The van der Waals surface area contributed by atoms with Crippen LogP contribution >= 0.6 is 11.6 Å². The monoisotopic (exact) mass is 283 g/mol. The molecule has 1 amide bonds. The topological polar surface area (TPSA) is 54.5 Å². The zero-order chi connectivity index (χ0) is 13.7. The normalized spacial score (nSPS) is 20.2. The number of likely N-dealkylation sites (N-methyl/N-ethyl adjacent to an activating group) is 1. The number of aromatic nitrogens is 1. The van der Waals surface area contributed by atoms with Crippen molar-refractivity contribution >= 4 is 17.5 Å². The second kappa shape index (κ2) is 6.84. The molecule has 1 unspecified atom stereocenters. The minimum atomic E-state index is -0.232. The molecule has 0 spiro atoms. The Bertz CT molecular complexity index is 424. The van der Waals surface area contributed by atoms with E-state index in [1.807, 2.05) is 13.0 Å². The molecule has 2 heterocycles. The summed E-state index contributed by atoms with van der Waals surface area (Å²) in [6.07, 6.45) is 1.74. The van der Waals surface area contributed by atoms with Crippen LogP contribution in [0, 0.1) is 0 Å². The Balaban J connectivity index is 2.03. The Morgan fingerprint density at radius 1 is 1.63 bits per heavy atom. The first-order chi connectivity index (χ1) is 9.20. The maximum absolute atomic E-state index is 12.0. The van der Waals surface area contributed by atoms with E-state index in [4.69, 9.17) is 16.3 Å². The van der Waals surface area contributed by atoms with Gasteiger partial charge in [-0.15, -0.1) is 0 Å². The summed E-state index contributed by atoms with van der Waals surface area (Å²) >= 11 is 5.77. The Labute approximate surface area is 117 Å². The molecular formula is C13H18ClN3O2. The number of hydrogen-bond donors (Lipinski definition) is 1. The summed E-state index contributed by atoms with van der Waals surface area (Å²) in [5.41, 5.74) is 1.04. The molecule has 1 N–H and O–H groups in total. The summed E-state index contributed by atoms with van der Waals surface area (Å²) in [5, 5.41) is 3.32. The van der Waals surface area contributed by atoms with Gasteiger partial charge in [-0.1, -0.05) is 17.7 Å². The number of amides is 1. The van der Waals surface area contributed by atoms with Crippen LogP contribution < -0.4 is 5.32 Å². The highest BCUT2D eigenvalue weighted by molar-refractivity contribution is 6.29. The van der Waals surface area contributed by atoms with Crippen molar-refractivity contribution in [3.63, 3.8) is 0 Å². The van der Waals surface area contributed by atoms with Gasteiger partial charge in [-0.3, -0.25) is 9.69 Å². The van der Waals surface area contributed by atoms with Crippen LogP contribution in [0.2, 0.25) is 5.15 Å². The SMILES string of the molecule is CCNC(=O)C1COCCN1Cc1ccc(Cl)nc1. The summed E-state index contributed by atoms with van der Waals surface area (Å²) in [7, 11) is 0. The molecule has 1 fully saturated rings. The second-order valence-electron chi connectivity index (χ2n) is 4.44. The van der Waals surface area contributed by atoms with Crippen LogP contribution in [0.25, 0.3) is 0 Å². The van der Waals surface area contributed by atoms with E-state index in [1.54, 1.807) is 12.3 Å². The van der Waals surface area contributed by atoms with Crippen molar-refractivity contribution in [2.75, 3.05) is 26.3 Å². The number of hydrogen-bond acceptors (Lipinski definition) is 4. The third-order valence-electron chi connectivity index (χ3n) is 3.07. The summed E-state index contributed by atoms with van der Waals surface area (Å²) in [4.78, 5) is 18.2. The zero-order valence-corrected chi connectivity index (χ0v) is 11.7. The third kappa shape index (κ3) is 3.89. The molecule has 1 saturated heterocycles. The van der Waals surface area contributed by atoms with Crippen molar-refractivity contribution in [1.82, 2.24) is 15.2 Å². The number of nitrogens with one attached hydrogen (secondary N) is 1. The van der Waals surface area contributed by atoms with E-state index in [1.165, 1.54) is 0 Å². The molecule has 0 radical (unpaired) electrons. The molecule has 5 nitrogen and oxygen atoms in total. The smallest absolute Gasteiger partial charge is 0.239 e. The Hall–Kier alpha value is -1.17. The molecule has 0 bridgehead atoms. The Morgan fingerprint density at radius 3 is 3.16 bits per heavy atom. The summed E-state index contributed by atoms with van der Waals surface area (Å²) in [6.45, 7) is 5.05. The number of nitrogens with zero attached hydrogens (tertiary/aromatic N) is 2. The highest BCUT2D eigenvalue weighted by Crippen LogP contribution is 2.13. The lowest BCUT2D eigenvalue weighted by Crippen LogP contribution is -2.53. The van der Waals surface area contributed by atoms with Crippen molar-refractivity contribution in [2.45, 2.75) is 19.5 Å². The van der Waals surface area contributed by atoms with E-state index in [9.17, 15) is 4.79 Å². The van der Waals surface area contributed by atoms with E-state index in [0.29, 0.717) is 31.5 Å². The number of carbonyl (C=O) groups is 1. The first-order valence-electron chi connectivity index (χ1n) is 6.40. The van der Waals surface area contributed by atoms with Gasteiger partial charge in [0.05, 0.1) is 13.2 Å². The quantitative estimate of drug-likeness (QED) is 0.840. The standard InChI is InChI=1S/C13H18ClN3O2/c1-2-15-13(18)11-9-19-6-5-17(11)8-10-3-4-12(14)16-7-10/h3-4,7,11H,2,5-6,8-9H2,1H3,(H,15,18). The van der Waals surface area contributed by atoms with Gasteiger partial charge in [0.2, 0.25) is 5.91 Å². The fourth-order valence-corrected chi connectivity index (χ4v) is 2.21. The van der Waals surface area contributed by atoms with E-state index in [0.717, 1.165) is 12.1 Å². The highest BCUT2D eigenvalue weighted by Gasteiger charge is 2.28. The first-order valence-corrected chi connectivity index (χ1v) is 6.78. The van der Waals surface area contributed by atoms with Crippen molar-refractivity contribution in [2.24, 2.45) is 0 Å². The maximum Gasteiger partial charge on any atom is 0.239 e. The lowest BCUT2D eigenvalue weighted by Gasteiger charge is -2.34. The number of halogens is 1. The minimum Gasteiger partial charge on any atom is -0.378 e. The van der Waals surface area contributed by atoms with E-state index in [-0.39, 0.29) is 11.9 Å². The van der Waals surface area contributed by atoms with Gasteiger partial charge >= 0.3 is 0 Å². The third-order valence-corrected chi connectivity index (χ3v) is 3.29. The lowest BCUT2D eigenvalue weighted by atomic mass is 10.1. The second-order valence-corrected chi connectivity index (χ2v) is 4.83. The summed E-state index contributed by atoms with van der Waals surface area (Å²) < 4.78 is 5.40. The predicted octanol–water partition coefficient (Wildman–Crippen LogP) is 1.07. The number of pyridine rings is 1. The number of carbonyl (C=O) groups excluding carboxylic acids is 1. The van der Waals surface area contributed by atoms with Crippen molar-refractivity contribution < 1.29 is 9.53 Å². The molecule has 2 rings (SSSR count). The van der Waals surface area contributed by atoms with Gasteiger partial charge < -0.3 is 10.1 Å². The molecule has 1 aromatic heterocycles. The van der Waals surface area contributed by atoms with Gasteiger partial charge in [-0.05, 0) is 18.6 Å². The molecular weight excluding hydrogens is 266 g/mol. The van der Waals surface area contributed by atoms with E-state index < -0.39 is 0 Å². The first kappa shape index (κ1) is 14.2. The van der Waals surface area contributed by atoms with Gasteiger partial charge in [0.15, 0.2) is 0 Å². The van der Waals surface area contributed by atoms with E-state index >= 15 is 0 Å². The lowest BCUT2D eigenvalue weighted by molar-refractivity contribution is -0.132. The van der Waals surface area contributed by atoms with Gasteiger partial charge in [-0.25, -0.2) is 4.98 Å². The number of ether oxygens (including phenoxy) is 1. The fraction of sp³-hybridized carbons (Fsp3) is 0.538. The number of rotatable bonds is 4. The molecule has 0 saturated carbocycles. The van der Waals surface area contributed by atoms with Crippen LogP contribution in [0.5, 0.6) is 0 Å². The molecule has 6 heteroatoms. The van der Waals surface area contributed by atoms with E-state index in [2.05, 4.69) is 15.2 Å². The Kier molecular flexibility index (Phi) is 5.13. The van der Waals surface area contributed by atoms with Crippen molar-refractivity contribution in [1.29, 1.82) is 0 Å². The highest BCUT2D eigenvalue weighted by atomic mass is 35.5.